The van der Waals surface area contributed by atoms with Crippen molar-refractivity contribution in [1.29, 1.82) is 0 Å². The van der Waals surface area contributed by atoms with E-state index in [0.717, 1.165) is 23.3 Å². The lowest BCUT2D eigenvalue weighted by Gasteiger charge is -2.30. The average Bonchev–Trinajstić information content (AvgIpc) is 2.89. The van der Waals surface area contributed by atoms with Gasteiger partial charge in [0.2, 0.25) is 0 Å². The second kappa shape index (κ2) is 8.29. The van der Waals surface area contributed by atoms with Gasteiger partial charge in [0.05, 0.1) is 12.3 Å². The molecule has 2 heterocycles. The number of carbonyl (C=O) groups excluding carboxylic acids is 1. The van der Waals surface area contributed by atoms with Crippen LogP contribution in [0.25, 0.3) is 0 Å². The average molecular weight is 356 g/mol. The second-order valence-corrected chi connectivity index (χ2v) is 6.57. The highest BCUT2D eigenvalue weighted by molar-refractivity contribution is 7.11. The molecule has 0 aliphatic carbocycles. The van der Waals surface area contributed by atoms with Crippen molar-refractivity contribution in [2.75, 3.05) is 26.7 Å². The quantitative estimate of drug-likeness (QED) is 0.768. The van der Waals surface area contributed by atoms with Gasteiger partial charge in [0.1, 0.15) is 4.88 Å². The van der Waals surface area contributed by atoms with Gasteiger partial charge in [0.15, 0.2) is 4.80 Å². The largest absolute Gasteiger partial charge is 0.465 e. The van der Waals surface area contributed by atoms with Gasteiger partial charge in [-0.25, -0.2) is 9.59 Å². The number of aromatic nitrogens is 1. The van der Waals surface area contributed by atoms with Crippen molar-refractivity contribution < 1.29 is 19.4 Å². The van der Waals surface area contributed by atoms with Crippen LogP contribution in [0, 0.1) is 0 Å². The Morgan fingerprint density at radius 2 is 2.08 bits per heavy atom. The maximum absolute atomic E-state index is 12.1. The van der Waals surface area contributed by atoms with Crippen molar-refractivity contribution in [3.63, 3.8) is 0 Å². The molecule has 1 amide bonds. The molecule has 0 bridgehead atoms. The fourth-order valence-electron chi connectivity index (χ4n) is 2.75. The Kier molecular flexibility index (Phi) is 6.38. The Bertz CT molecular complexity index is 659. The minimum Gasteiger partial charge on any atom is -0.465 e. The Morgan fingerprint density at radius 1 is 1.42 bits per heavy atom. The molecule has 0 spiro atoms. The van der Waals surface area contributed by atoms with E-state index in [-0.39, 0.29) is 12.0 Å². The van der Waals surface area contributed by atoms with E-state index in [9.17, 15) is 9.59 Å². The molecule has 1 aromatic heterocycles. The maximum atomic E-state index is 12.1. The van der Waals surface area contributed by atoms with Crippen LogP contribution < -0.4 is 10.1 Å². The molecule has 9 heteroatoms. The summed E-state index contributed by atoms with van der Waals surface area (Å²) in [5.74, 6) is -0.328. The van der Waals surface area contributed by atoms with E-state index >= 15 is 0 Å². The van der Waals surface area contributed by atoms with E-state index in [1.54, 1.807) is 14.0 Å². The first-order valence-corrected chi connectivity index (χ1v) is 8.79. The van der Waals surface area contributed by atoms with Crippen molar-refractivity contribution in [2.45, 2.75) is 32.4 Å². The summed E-state index contributed by atoms with van der Waals surface area (Å²) in [4.78, 5) is 30.0. The molecule has 0 aromatic carbocycles. The van der Waals surface area contributed by atoms with Crippen molar-refractivity contribution in [3.05, 3.63) is 15.4 Å². The van der Waals surface area contributed by atoms with Crippen LogP contribution in [0.2, 0.25) is 0 Å². The summed E-state index contributed by atoms with van der Waals surface area (Å²) in [5.41, 5.74) is 0.847. The van der Waals surface area contributed by atoms with Gasteiger partial charge in [-0.05, 0) is 19.8 Å². The number of nitrogens with zero attached hydrogens (tertiary/aromatic N) is 3. The van der Waals surface area contributed by atoms with Gasteiger partial charge in [-0.2, -0.15) is 0 Å². The summed E-state index contributed by atoms with van der Waals surface area (Å²) in [6.07, 6.45) is 0.663. The highest BCUT2D eigenvalue weighted by Crippen LogP contribution is 2.16. The first-order valence-electron chi connectivity index (χ1n) is 7.97. The molecule has 8 nitrogen and oxygen atoms in total. The highest BCUT2D eigenvalue weighted by atomic mass is 32.1. The van der Waals surface area contributed by atoms with Gasteiger partial charge < -0.3 is 24.6 Å². The summed E-state index contributed by atoms with van der Waals surface area (Å²) in [6.45, 7) is 3.70. The summed E-state index contributed by atoms with van der Waals surface area (Å²) in [7, 11) is 3.57. The van der Waals surface area contributed by atoms with Crippen LogP contribution in [-0.2, 0) is 18.3 Å². The summed E-state index contributed by atoms with van der Waals surface area (Å²) >= 11 is 1.32. The zero-order valence-corrected chi connectivity index (χ0v) is 15.1. The molecule has 0 radical (unpaired) electrons. The fraction of sp³-hybridized carbons (Fsp3) is 0.667. The van der Waals surface area contributed by atoms with Crippen LogP contribution >= 0.6 is 11.3 Å². The van der Waals surface area contributed by atoms with E-state index in [1.807, 2.05) is 11.6 Å². The molecular weight excluding hydrogens is 332 g/mol. The number of hydrogen-bond donors (Lipinski definition) is 2. The summed E-state index contributed by atoms with van der Waals surface area (Å²) in [5, 5.41) is 12.4. The highest BCUT2D eigenvalue weighted by Gasteiger charge is 2.24. The minimum absolute atomic E-state index is 0.234. The van der Waals surface area contributed by atoms with Crippen molar-refractivity contribution >= 4 is 23.4 Å². The van der Waals surface area contributed by atoms with Gasteiger partial charge in [-0.1, -0.05) is 11.3 Å². The van der Waals surface area contributed by atoms with Crippen LogP contribution in [0.5, 0.6) is 0 Å². The molecule has 0 unspecified atom stereocenters. The molecule has 134 valence electrons. The molecule has 24 heavy (non-hydrogen) atoms. The molecular formula is C15H24N4O4S. The van der Waals surface area contributed by atoms with E-state index in [0.29, 0.717) is 31.1 Å². The molecule has 1 saturated heterocycles. The zero-order valence-electron chi connectivity index (χ0n) is 14.2. The number of likely N-dealkylation sites (tertiary alicyclic amines) is 1. The smallest absolute Gasteiger partial charge is 0.407 e. The molecule has 2 rings (SSSR count). The maximum Gasteiger partial charge on any atom is 0.407 e. The predicted octanol–water partition coefficient (Wildman–Crippen LogP) is 1.03. The number of piperidine rings is 1. The van der Waals surface area contributed by atoms with Gasteiger partial charge in [-0.15, -0.1) is 0 Å². The monoisotopic (exact) mass is 356 g/mol. The van der Waals surface area contributed by atoms with Crippen molar-refractivity contribution in [1.82, 2.24) is 14.8 Å². The van der Waals surface area contributed by atoms with Gasteiger partial charge in [0, 0.05) is 39.8 Å². The normalized spacial score (nSPS) is 16.5. The van der Waals surface area contributed by atoms with Crippen LogP contribution in [0.4, 0.5) is 4.79 Å². The number of nitrogens with one attached hydrogen (secondary N) is 1. The Morgan fingerprint density at radius 3 is 2.62 bits per heavy atom. The third-order valence-electron chi connectivity index (χ3n) is 4.12. The number of rotatable bonds is 5. The second-order valence-electron chi connectivity index (χ2n) is 5.59. The van der Waals surface area contributed by atoms with Gasteiger partial charge in [-0.3, -0.25) is 4.99 Å². The summed E-state index contributed by atoms with van der Waals surface area (Å²) in [6, 6.07) is 0.234. The molecule has 1 aliphatic heterocycles. The number of amides is 1. The first kappa shape index (κ1) is 18.5. The van der Waals surface area contributed by atoms with E-state index < -0.39 is 6.09 Å². The summed E-state index contributed by atoms with van der Waals surface area (Å²) < 4.78 is 7.03. The third kappa shape index (κ3) is 4.15. The zero-order chi connectivity index (χ0) is 17.7. The minimum atomic E-state index is -0.864. The van der Waals surface area contributed by atoms with Crippen molar-refractivity contribution in [3.8, 4) is 0 Å². The lowest BCUT2D eigenvalue weighted by atomic mass is 10.1. The van der Waals surface area contributed by atoms with Crippen LogP contribution in [0.15, 0.2) is 4.99 Å². The molecule has 1 aromatic rings. The number of ether oxygens (including phenoxy) is 1. The van der Waals surface area contributed by atoms with Gasteiger partial charge in [0.25, 0.3) is 0 Å². The van der Waals surface area contributed by atoms with Gasteiger partial charge >= 0.3 is 12.1 Å². The van der Waals surface area contributed by atoms with E-state index in [4.69, 9.17) is 9.84 Å². The van der Waals surface area contributed by atoms with Crippen molar-refractivity contribution in [2.24, 2.45) is 12.0 Å². The fourth-order valence-corrected chi connectivity index (χ4v) is 3.74. The van der Waals surface area contributed by atoms with E-state index in [2.05, 4.69) is 10.3 Å². The SMILES string of the molecule is CCOC(=O)c1sc(=NC)n(C)c1CNC1CCN(C(=O)O)CC1. The van der Waals surface area contributed by atoms with Crippen LogP contribution in [-0.4, -0.2) is 59.4 Å². The number of thiazole rings is 1. The number of esters is 1. The predicted molar refractivity (Wildman–Crippen MR) is 90.2 cm³/mol. The molecule has 2 N–H and O–H groups in total. The molecule has 0 atom stereocenters. The third-order valence-corrected chi connectivity index (χ3v) is 5.37. The number of carbonyl (C=O) groups is 2. The number of carboxylic acid groups (broad SMARTS) is 1. The lowest BCUT2D eigenvalue weighted by Crippen LogP contribution is -2.44. The standard InChI is InChI=1S/C15H24N4O4S/c1-4-23-13(20)12-11(18(3)14(16-2)24-12)9-17-10-5-7-19(8-6-10)15(21)22/h10,17H,4-9H2,1-3H3,(H,21,22). The first-order chi connectivity index (χ1) is 11.5. The number of hydrogen-bond acceptors (Lipinski definition) is 6. The van der Waals surface area contributed by atoms with Crippen LogP contribution in [0.1, 0.15) is 35.1 Å². The van der Waals surface area contributed by atoms with E-state index in [1.165, 1.54) is 16.2 Å². The molecule has 1 fully saturated rings. The molecule has 0 saturated carbocycles. The topological polar surface area (TPSA) is 96.2 Å². The lowest BCUT2D eigenvalue weighted by molar-refractivity contribution is 0.0529. The van der Waals surface area contributed by atoms with Crippen LogP contribution in [0.3, 0.4) is 0 Å². The Labute approximate surface area is 144 Å². The Balaban J connectivity index is 2.05. The Hall–Kier alpha value is -1.87. The molecule has 1 aliphatic rings.